The highest BCUT2D eigenvalue weighted by molar-refractivity contribution is 14.0. The van der Waals surface area contributed by atoms with Gasteiger partial charge in [0.25, 0.3) is 6.43 Å². The first-order chi connectivity index (χ1) is 12.5. The quantitative estimate of drug-likeness (QED) is 0.346. The number of benzene rings is 1. The van der Waals surface area contributed by atoms with Crippen LogP contribution in [-0.4, -0.2) is 62.7 Å². The van der Waals surface area contributed by atoms with Gasteiger partial charge in [-0.05, 0) is 44.4 Å². The van der Waals surface area contributed by atoms with Crippen LogP contribution in [0, 0.1) is 6.92 Å². The summed E-state index contributed by atoms with van der Waals surface area (Å²) in [6.07, 6.45) is -0.599. The molecule has 0 bridgehead atoms. The van der Waals surface area contributed by atoms with E-state index < -0.39 is 6.43 Å². The Morgan fingerprint density at radius 2 is 2.04 bits per heavy atom. The third kappa shape index (κ3) is 9.05. The van der Waals surface area contributed by atoms with Crippen LogP contribution in [0.15, 0.2) is 29.3 Å². The number of nitrogens with one attached hydrogen (secondary N) is 2. The molecular formula is C19H31F2IN4O. The van der Waals surface area contributed by atoms with E-state index in [2.05, 4.69) is 15.6 Å². The van der Waals surface area contributed by atoms with E-state index >= 15 is 0 Å². The van der Waals surface area contributed by atoms with E-state index in [1.54, 1.807) is 7.05 Å². The van der Waals surface area contributed by atoms with Crippen molar-refractivity contribution in [2.45, 2.75) is 45.3 Å². The SMILES string of the molecule is CN=C(NCC(C)Oc1cccc(C)c1)NC1CCN(CC(F)F)CC1.I. The number of halogens is 3. The summed E-state index contributed by atoms with van der Waals surface area (Å²) < 4.78 is 30.8. The molecule has 1 atom stereocenters. The van der Waals surface area contributed by atoms with Gasteiger partial charge in [0.1, 0.15) is 11.9 Å². The van der Waals surface area contributed by atoms with Gasteiger partial charge >= 0.3 is 0 Å². The number of hydrogen-bond donors (Lipinski definition) is 2. The number of nitrogens with zero attached hydrogens (tertiary/aromatic N) is 2. The summed E-state index contributed by atoms with van der Waals surface area (Å²) in [5, 5.41) is 6.65. The van der Waals surface area contributed by atoms with Crippen molar-refractivity contribution in [1.82, 2.24) is 15.5 Å². The molecule has 0 aliphatic carbocycles. The predicted molar refractivity (Wildman–Crippen MR) is 117 cm³/mol. The van der Waals surface area contributed by atoms with E-state index in [0.29, 0.717) is 19.6 Å². The van der Waals surface area contributed by atoms with E-state index in [1.165, 1.54) is 5.56 Å². The maximum Gasteiger partial charge on any atom is 0.251 e. The first-order valence-electron chi connectivity index (χ1n) is 9.17. The van der Waals surface area contributed by atoms with E-state index in [-0.39, 0.29) is 42.7 Å². The van der Waals surface area contributed by atoms with Gasteiger partial charge in [0.15, 0.2) is 5.96 Å². The first-order valence-corrected chi connectivity index (χ1v) is 9.17. The number of likely N-dealkylation sites (tertiary alicyclic amines) is 1. The van der Waals surface area contributed by atoms with Gasteiger partial charge in [-0.1, -0.05) is 12.1 Å². The van der Waals surface area contributed by atoms with Crippen LogP contribution in [0.3, 0.4) is 0 Å². The number of aryl methyl sites for hydroxylation is 1. The van der Waals surface area contributed by atoms with Crippen molar-refractivity contribution in [3.63, 3.8) is 0 Å². The van der Waals surface area contributed by atoms with Gasteiger partial charge in [-0.15, -0.1) is 24.0 Å². The smallest absolute Gasteiger partial charge is 0.251 e. The maximum absolute atomic E-state index is 12.4. The molecule has 1 unspecified atom stereocenters. The molecule has 1 saturated heterocycles. The molecule has 1 fully saturated rings. The van der Waals surface area contributed by atoms with Crippen LogP contribution in [0.25, 0.3) is 0 Å². The van der Waals surface area contributed by atoms with Crippen LogP contribution in [0.1, 0.15) is 25.3 Å². The van der Waals surface area contributed by atoms with Gasteiger partial charge in [0.05, 0.1) is 13.1 Å². The minimum atomic E-state index is -2.26. The summed E-state index contributed by atoms with van der Waals surface area (Å²) in [4.78, 5) is 6.06. The van der Waals surface area contributed by atoms with Crippen molar-refractivity contribution in [3.05, 3.63) is 29.8 Å². The van der Waals surface area contributed by atoms with E-state index in [4.69, 9.17) is 4.74 Å². The molecule has 0 aromatic heterocycles. The summed E-state index contributed by atoms with van der Waals surface area (Å²) in [6, 6.07) is 8.23. The zero-order valence-electron chi connectivity index (χ0n) is 16.3. The molecule has 1 aliphatic heterocycles. The zero-order valence-corrected chi connectivity index (χ0v) is 18.6. The lowest BCUT2D eigenvalue weighted by Crippen LogP contribution is -2.50. The molecule has 1 heterocycles. The fraction of sp³-hybridized carbons (Fsp3) is 0.632. The Hall–Kier alpha value is -1.16. The Morgan fingerprint density at radius 1 is 1.33 bits per heavy atom. The van der Waals surface area contributed by atoms with E-state index in [0.717, 1.165) is 24.6 Å². The van der Waals surface area contributed by atoms with Crippen molar-refractivity contribution in [3.8, 4) is 5.75 Å². The molecule has 27 heavy (non-hydrogen) atoms. The molecule has 154 valence electrons. The van der Waals surface area contributed by atoms with Crippen molar-refractivity contribution in [2.75, 3.05) is 33.2 Å². The van der Waals surface area contributed by atoms with Crippen molar-refractivity contribution < 1.29 is 13.5 Å². The van der Waals surface area contributed by atoms with Crippen molar-refractivity contribution >= 4 is 29.9 Å². The summed E-state index contributed by atoms with van der Waals surface area (Å²) >= 11 is 0. The van der Waals surface area contributed by atoms with Gasteiger partial charge in [-0.2, -0.15) is 0 Å². The summed E-state index contributed by atoms with van der Waals surface area (Å²) in [5.74, 6) is 1.57. The van der Waals surface area contributed by atoms with Crippen LogP contribution in [-0.2, 0) is 0 Å². The fourth-order valence-corrected chi connectivity index (χ4v) is 3.05. The number of ether oxygens (including phenoxy) is 1. The number of piperidine rings is 1. The second kappa shape index (κ2) is 12.3. The Morgan fingerprint density at radius 3 is 2.63 bits per heavy atom. The average molecular weight is 496 g/mol. The molecule has 8 heteroatoms. The number of alkyl halides is 2. The zero-order chi connectivity index (χ0) is 18.9. The second-order valence-corrected chi connectivity index (χ2v) is 6.81. The molecule has 1 aromatic carbocycles. The molecule has 1 aliphatic rings. The molecule has 2 N–H and O–H groups in total. The number of aliphatic imine (C=N–C) groups is 1. The van der Waals surface area contributed by atoms with Crippen molar-refractivity contribution in [1.29, 1.82) is 0 Å². The Balaban J connectivity index is 0.00000364. The monoisotopic (exact) mass is 496 g/mol. The number of guanidine groups is 1. The van der Waals surface area contributed by atoms with Gasteiger partial charge < -0.3 is 15.4 Å². The summed E-state index contributed by atoms with van der Waals surface area (Å²) in [6.45, 7) is 5.91. The highest BCUT2D eigenvalue weighted by Gasteiger charge is 2.22. The molecule has 0 saturated carbocycles. The third-order valence-corrected chi connectivity index (χ3v) is 4.43. The van der Waals surface area contributed by atoms with Crippen LogP contribution in [0.4, 0.5) is 8.78 Å². The number of hydrogen-bond acceptors (Lipinski definition) is 3. The van der Waals surface area contributed by atoms with Gasteiger partial charge in [0, 0.05) is 26.2 Å². The molecule has 0 amide bonds. The Labute approximate surface area is 178 Å². The van der Waals surface area contributed by atoms with Gasteiger partial charge in [-0.25, -0.2) is 8.78 Å². The van der Waals surface area contributed by atoms with Crippen LogP contribution < -0.4 is 15.4 Å². The summed E-state index contributed by atoms with van der Waals surface area (Å²) in [7, 11) is 1.73. The second-order valence-electron chi connectivity index (χ2n) is 6.81. The average Bonchev–Trinajstić information content (AvgIpc) is 2.59. The largest absolute Gasteiger partial charge is 0.489 e. The van der Waals surface area contributed by atoms with E-state index in [9.17, 15) is 8.78 Å². The normalized spacial score (nSPS) is 17.3. The summed E-state index contributed by atoms with van der Waals surface area (Å²) in [5.41, 5.74) is 1.17. The van der Waals surface area contributed by atoms with Crippen LogP contribution in [0.2, 0.25) is 0 Å². The molecule has 0 radical (unpaired) electrons. The maximum atomic E-state index is 12.4. The van der Waals surface area contributed by atoms with Crippen LogP contribution in [0.5, 0.6) is 5.75 Å². The van der Waals surface area contributed by atoms with E-state index in [1.807, 2.05) is 43.0 Å². The highest BCUT2D eigenvalue weighted by Crippen LogP contribution is 2.14. The molecule has 1 aromatic rings. The Bertz CT molecular complexity index is 581. The molecule has 5 nitrogen and oxygen atoms in total. The number of rotatable bonds is 7. The van der Waals surface area contributed by atoms with Gasteiger partial charge in [0.2, 0.25) is 0 Å². The lowest BCUT2D eigenvalue weighted by Gasteiger charge is -2.32. The lowest BCUT2D eigenvalue weighted by atomic mass is 10.1. The molecule has 2 rings (SSSR count). The fourth-order valence-electron chi connectivity index (χ4n) is 3.05. The molecular weight excluding hydrogens is 465 g/mol. The highest BCUT2D eigenvalue weighted by atomic mass is 127. The molecule has 0 spiro atoms. The van der Waals surface area contributed by atoms with Crippen molar-refractivity contribution in [2.24, 2.45) is 4.99 Å². The standard InChI is InChI=1S/C19H30F2N4O.HI/c1-14-5-4-6-17(11-14)26-15(2)12-23-19(22-3)24-16-7-9-25(10-8-16)13-18(20)21;/h4-6,11,15-16,18H,7-10,12-13H2,1-3H3,(H2,22,23,24);1H. The third-order valence-electron chi connectivity index (χ3n) is 4.43. The minimum absolute atomic E-state index is 0. The predicted octanol–water partition coefficient (Wildman–Crippen LogP) is 3.27. The lowest BCUT2D eigenvalue weighted by molar-refractivity contribution is 0.0744. The topological polar surface area (TPSA) is 48.9 Å². The Kier molecular flexibility index (Phi) is 10.9. The van der Waals surface area contributed by atoms with Gasteiger partial charge in [-0.3, -0.25) is 9.89 Å². The first kappa shape index (κ1) is 23.9. The van der Waals surface area contributed by atoms with Crippen LogP contribution >= 0.6 is 24.0 Å². The minimum Gasteiger partial charge on any atom is -0.489 e.